The van der Waals surface area contributed by atoms with E-state index in [1.807, 2.05) is 0 Å². The summed E-state index contributed by atoms with van der Waals surface area (Å²) in [6.45, 7) is 0. The fourth-order valence-electron chi connectivity index (χ4n) is 1.71. The van der Waals surface area contributed by atoms with Crippen LogP contribution in [0.4, 0.5) is 5.69 Å². The van der Waals surface area contributed by atoms with E-state index >= 15 is 0 Å². The van der Waals surface area contributed by atoms with E-state index in [9.17, 15) is 9.90 Å². The molecule has 0 unspecified atom stereocenters. The standard InChI is InChI=1S/C15H15NO4/c1-19-12-6-4-11(5-7-12)16-15(18)10-3-8-14(20-2)13(17)9-10/h3-9,17H,1-2H3,(H,16,18). The highest BCUT2D eigenvalue weighted by molar-refractivity contribution is 6.04. The zero-order valence-electron chi connectivity index (χ0n) is 11.2. The van der Waals surface area contributed by atoms with Crippen molar-refractivity contribution in [2.24, 2.45) is 0 Å². The molecule has 1 amide bonds. The van der Waals surface area contributed by atoms with Gasteiger partial charge in [-0.3, -0.25) is 4.79 Å². The molecule has 0 bridgehead atoms. The number of aromatic hydroxyl groups is 1. The highest BCUT2D eigenvalue weighted by Gasteiger charge is 2.09. The van der Waals surface area contributed by atoms with Gasteiger partial charge in [0.15, 0.2) is 11.5 Å². The van der Waals surface area contributed by atoms with Crippen molar-refractivity contribution in [1.29, 1.82) is 0 Å². The summed E-state index contributed by atoms with van der Waals surface area (Å²) in [5, 5.41) is 12.4. The molecule has 0 aliphatic carbocycles. The number of phenols is 1. The van der Waals surface area contributed by atoms with Gasteiger partial charge in [-0.2, -0.15) is 0 Å². The summed E-state index contributed by atoms with van der Waals surface area (Å²) in [5.74, 6) is 0.652. The molecule has 0 aliphatic heterocycles. The van der Waals surface area contributed by atoms with Crippen molar-refractivity contribution in [2.45, 2.75) is 0 Å². The zero-order valence-corrected chi connectivity index (χ0v) is 11.2. The number of phenolic OH excluding ortho intramolecular Hbond substituents is 1. The van der Waals surface area contributed by atoms with E-state index in [1.54, 1.807) is 37.4 Å². The van der Waals surface area contributed by atoms with Crippen LogP contribution < -0.4 is 14.8 Å². The SMILES string of the molecule is COc1ccc(NC(=O)c2ccc(OC)c(O)c2)cc1. The first-order chi connectivity index (χ1) is 9.63. The molecule has 2 N–H and O–H groups in total. The Balaban J connectivity index is 2.12. The van der Waals surface area contributed by atoms with E-state index in [-0.39, 0.29) is 11.7 Å². The van der Waals surface area contributed by atoms with Gasteiger partial charge in [0, 0.05) is 11.3 Å². The zero-order chi connectivity index (χ0) is 14.5. The third kappa shape index (κ3) is 3.00. The van der Waals surface area contributed by atoms with Gasteiger partial charge in [0.1, 0.15) is 5.75 Å². The van der Waals surface area contributed by atoms with Crippen LogP contribution in [-0.4, -0.2) is 25.2 Å². The summed E-state index contributed by atoms with van der Waals surface area (Å²) in [6, 6.07) is 11.5. The summed E-state index contributed by atoms with van der Waals surface area (Å²) >= 11 is 0. The van der Waals surface area contributed by atoms with Gasteiger partial charge in [0.05, 0.1) is 14.2 Å². The lowest BCUT2D eigenvalue weighted by atomic mass is 10.2. The van der Waals surface area contributed by atoms with Crippen molar-refractivity contribution in [3.63, 3.8) is 0 Å². The topological polar surface area (TPSA) is 67.8 Å². The van der Waals surface area contributed by atoms with Gasteiger partial charge in [-0.15, -0.1) is 0 Å². The molecule has 0 heterocycles. The molecule has 2 rings (SSSR count). The summed E-state index contributed by atoms with van der Waals surface area (Å²) in [4.78, 5) is 12.0. The Kier molecular flexibility index (Phi) is 4.10. The maximum atomic E-state index is 12.0. The smallest absolute Gasteiger partial charge is 0.255 e. The van der Waals surface area contributed by atoms with Crippen molar-refractivity contribution in [1.82, 2.24) is 0 Å². The molecule has 0 radical (unpaired) electrons. The maximum absolute atomic E-state index is 12.0. The van der Waals surface area contributed by atoms with Gasteiger partial charge < -0.3 is 19.9 Å². The molecular formula is C15H15NO4. The molecule has 0 fully saturated rings. The lowest BCUT2D eigenvalue weighted by molar-refractivity contribution is 0.102. The van der Waals surface area contributed by atoms with Gasteiger partial charge in [-0.05, 0) is 42.5 Å². The number of rotatable bonds is 4. The molecule has 104 valence electrons. The fourth-order valence-corrected chi connectivity index (χ4v) is 1.71. The number of anilines is 1. The first-order valence-electron chi connectivity index (χ1n) is 5.96. The van der Waals surface area contributed by atoms with Gasteiger partial charge in [0.25, 0.3) is 5.91 Å². The van der Waals surface area contributed by atoms with Gasteiger partial charge in [-0.25, -0.2) is 0 Å². The summed E-state index contributed by atoms with van der Waals surface area (Å²) in [7, 11) is 3.03. The number of carbonyl (C=O) groups excluding carboxylic acids is 1. The number of carbonyl (C=O) groups is 1. The minimum Gasteiger partial charge on any atom is -0.504 e. The van der Waals surface area contributed by atoms with Crippen LogP contribution in [0.25, 0.3) is 0 Å². The third-order valence-corrected chi connectivity index (χ3v) is 2.79. The van der Waals surface area contributed by atoms with Crippen molar-refractivity contribution >= 4 is 11.6 Å². The molecule has 0 spiro atoms. The normalized spacial score (nSPS) is 9.90. The molecule has 0 saturated carbocycles. The largest absolute Gasteiger partial charge is 0.504 e. The molecule has 2 aromatic carbocycles. The van der Waals surface area contributed by atoms with Gasteiger partial charge >= 0.3 is 0 Å². The minimum atomic E-state index is -0.312. The second-order valence-corrected chi connectivity index (χ2v) is 4.07. The highest BCUT2D eigenvalue weighted by Crippen LogP contribution is 2.26. The van der Waals surface area contributed by atoms with E-state index in [4.69, 9.17) is 9.47 Å². The molecule has 5 nitrogen and oxygen atoms in total. The second kappa shape index (κ2) is 5.97. The number of hydrogen-bond donors (Lipinski definition) is 2. The Hall–Kier alpha value is -2.69. The van der Waals surface area contributed by atoms with Crippen LogP contribution in [0.2, 0.25) is 0 Å². The van der Waals surface area contributed by atoms with E-state index in [2.05, 4.69) is 5.32 Å². The third-order valence-electron chi connectivity index (χ3n) is 2.79. The number of nitrogens with one attached hydrogen (secondary N) is 1. The summed E-state index contributed by atoms with van der Waals surface area (Å²) < 4.78 is 9.97. The molecule has 0 atom stereocenters. The van der Waals surface area contributed by atoms with Crippen LogP contribution in [0.15, 0.2) is 42.5 Å². The van der Waals surface area contributed by atoms with E-state index in [0.29, 0.717) is 22.7 Å². The maximum Gasteiger partial charge on any atom is 0.255 e. The number of hydrogen-bond acceptors (Lipinski definition) is 4. The lowest BCUT2D eigenvalue weighted by Crippen LogP contribution is -2.11. The van der Waals surface area contributed by atoms with Crippen LogP contribution in [0.3, 0.4) is 0 Å². The molecular weight excluding hydrogens is 258 g/mol. The number of methoxy groups -OCH3 is 2. The Labute approximate surface area is 116 Å². The molecule has 0 aromatic heterocycles. The van der Waals surface area contributed by atoms with Gasteiger partial charge in [-0.1, -0.05) is 0 Å². The average molecular weight is 273 g/mol. The Bertz CT molecular complexity index is 608. The minimum absolute atomic E-state index is 0.0742. The van der Waals surface area contributed by atoms with Crippen molar-refractivity contribution in [2.75, 3.05) is 19.5 Å². The quantitative estimate of drug-likeness (QED) is 0.898. The number of benzene rings is 2. The second-order valence-electron chi connectivity index (χ2n) is 4.07. The fraction of sp³-hybridized carbons (Fsp3) is 0.133. The van der Waals surface area contributed by atoms with Gasteiger partial charge in [0.2, 0.25) is 0 Å². The molecule has 5 heteroatoms. The van der Waals surface area contributed by atoms with Crippen molar-refractivity contribution in [3.8, 4) is 17.2 Å². The van der Waals surface area contributed by atoms with Crippen LogP contribution in [0.5, 0.6) is 17.2 Å². The van der Waals surface area contributed by atoms with Crippen molar-refractivity contribution < 1.29 is 19.4 Å². The molecule has 0 saturated heterocycles. The van der Waals surface area contributed by atoms with Crippen LogP contribution in [0, 0.1) is 0 Å². The lowest BCUT2D eigenvalue weighted by Gasteiger charge is -2.08. The number of amides is 1. The Morgan fingerprint density at radius 3 is 2.30 bits per heavy atom. The predicted molar refractivity (Wildman–Crippen MR) is 75.6 cm³/mol. The highest BCUT2D eigenvalue weighted by atomic mass is 16.5. The average Bonchev–Trinajstić information content (AvgIpc) is 2.48. The van der Waals surface area contributed by atoms with Crippen LogP contribution in [0.1, 0.15) is 10.4 Å². The molecule has 20 heavy (non-hydrogen) atoms. The summed E-state index contributed by atoms with van der Waals surface area (Å²) in [5.41, 5.74) is 0.991. The first kappa shape index (κ1) is 13.7. The van der Waals surface area contributed by atoms with E-state index in [0.717, 1.165) is 0 Å². The van der Waals surface area contributed by atoms with Crippen molar-refractivity contribution in [3.05, 3.63) is 48.0 Å². The molecule has 2 aromatic rings. The number of ether oxygens (including phenoxy) is 2. The summed E-state index contributed by atoms with van der Waals surface area (Å²) in [6.07, 6.45) is 0. The van der Waals surface area contributed by atoms with Crippen LogP contribution >= 0.6 is 0 Å². The van der Waals surface area contributed by atoms with Crippen LogP contribution in [-0.2, 0) is 0 Å². The molecule has 0 aliphatic rings. The van der Waals surface area contributed by atoms with E-state index in [1.165, 1.54) is 19.2 Å². The first-order valence-corrected chi connectivity index (χ1v) is 5.96. The predicted octanol–water partition coefficient (Wildman–Crippen LogP) is 2.66. The van der Waals surface area contributed by atoms with E-state index < -0.39 is 0 Å². The monoisotopic (exact) mass is 273 g/mol. The Morgan fingerprint density at radius 1 is 1.05 bits per heavy atom. The Morgan fingerprint density at radius 2 is 1.75 bits per heavy atom.